The van der Waals surface area contributed by atoms with Crippen molar-refractivity contribution >= 4 is 12.0 Å². The number of hydrogen-bond donors (Lipinski definition) is 0. The van der Waals surface area contributed by atoms with E-state index in [1.165, 1.54) is 11.1 Å². The monoisotopic (exact) mass is 293 g/mol. The molecule has 0 aromatic heterocycles. The second kappa shape index (κ2) is 6.48. The van der Waals surface area contributed by atoms with Gasteiger partial charge in [-0.1, -0.05) is 36.4 Å². The van der Waals surface area contributed by atoms with Crippen LogP contribution in [0.4, 0.5) is 0 Å². The van der Waals surface area contributed by atoms with Crippen LogP contribution in [0.5, 0.6) is 5.75 Å². The molecule has 0 N–H and O–H groups in total. The van der Waals surface area contributed by atoms with E-state index >= 15 is 0 Å². The molecule has 1 heterocycles. The van der Waals surface area contributed by atoms with Crippen molar-refractivity contribution in [3.63, 3.8) is 0 Å². The molecule has 0 atom stereocenters. The Bertz CT molecular complexity index is 689. The molecule has 2 aromatic rings. The van der Waals surface area contributed by atoms with Crippen molar-refractivity contribution in [3.8, 4) is 5.75 Å². The highest BCUT2D eigenvalue weighted by Crippen LogP contribution is 2.19. The summed E-state index contributed by atoms with van der Waals surface area (Å²) in [5, 5.41) is 0. The highest BCUT2D eigenvalue weighted by Gasteiger charge is 2.18. The van der Waals surface area contributed by atoms with Crippen LogP contribution in [-0.4, -0.2) is 24.5 Å². The average molecular weight is 293 g/mol. The van der Waals surface area contributed by atoms with Crippen LogP contribution in [0.2, 0.25) is 0 Å². The van der Waals surface area contributed by atoms with Crippen molar-refractivity contribution in [2.45, 2.75) is 13.0 Å². The summed E-state index contributed by atoms with van der Waals surface area (Å²) in [6.45, 7) is 1.48. The predicted molar refractivity (Wildman–Crippen MR) is 87.6 cm³/mol. The molecule has 3 rings (SSSR count). The van der Waals surface area contributed by atoms with Gasteiger partial charge in [-0.3, -0.25) is 4.79 Å². The number of nitrogens with zero attached hydrogens (tertiary/aromatic N) is 1. The first-order valence-corrected chi connectivity index (χ1v) is 7.44. The van der Waals surface area contributed by atoms with Crippen LogP contribution < -0.4 is 4.74 Å². The number of ether oxygens (including phenoxy) is 1. The summed E-state index contributed by atoms with van der Waals surface area (Å²) in [5.74, 6) is 0.876. The summed E-state index contributed by atoms with van der Waals surface area (Å²) in [4.78, 5) is 14.2. The van der Waals surface area contributed by atoms with E-state index < -0.39 is 0 Å². The van der Waals surface area contributed by atoms with Gasteiger partial charge in [0.15, 0.2) is 0 Å². The Hall–Kier alpha value is -2.55. The second-order valence-corrected chi connectivity index (χ2v) is 5.38. The van der Waals surface area contributed by atoms with Crippen molar-refractivity contribution in [1.82, 2.24) is 4.90 Å². The van der Waals surface area contributed by atoms with Gasteiger partial charge in [0.25, 0.3) is 0 Å². The smallest absolute Gasteiger partial charge is 0.246 e. The SMILES string of the molecule is COc1ccc(C=CC(=O)N2CCc3ccccc3C2)cc1. The minimum Gasteiger partial charge on any atom is -0.497 e. The highest BCUT2D eigenvalue weighted by atomic mass is 16.5. The zero-order valence-corrected chi connectivity index (χ0v) is 12.7. The van der Waals surface area contributed by atoms with E-state index in [2.05, 4.69) is 18.2 Å². The van der Waals surface area contributed by atoms with Crippen LogP contribution in [0, 0.1) is 0 Å². The van der Waals surface area contributed by atoms with E-state index in [4.69, 9.17) is 4.74 Å². The Kier molecular flexibility index (Phi) is 4.24. The number of benzene rings is 2. The molecule has 3 nitrogen and oxygen atoms in total. The van der Waals surface area contributed by atoms with Crippen LogP contribution in [0.3, 0.4) is 0 Å². The molecule has 0 fully saturated rings. The number of carbonyl (C=O) groups is 1. The third-order valence-electron chi connectivity index (χ3n) is 3.98. The topological polar surface area (TPSA) is 29.5 Å². The number of hydrogen-bond acceptors (Lipinski definition) is 2. The average Bonchev–Trinajstić information content (AvgIpc) is 2.59. The van der Waals surface area contributed by atoms with Crippen LogP contribution >= 0.6 is 0 Å². The molecular formula is C19H19NO2. The summed E-state index contributed by atoms with van der Waals surface area (Å²) >= 11 is 0. The largest absolute Gasteiger partial charge is 0.497 e. The molecule has 0 saturated carbocycles. The van der Waals surface area contributed by atoms with Crippen LogP contribution in [0.25, 0.3) is 6.08 Å². The molecule has 0 bridgehead atoms. The maximum atomic E-state index is 12.3. The summed E-state index contributed by atoms with van der Waals surface area (Å²) in [6, 6.07) is 16.0. The predicted octanol–water partition coefficient (Wildman–Crippen LogP) is 3.29. The van der Waals surface area contributed by atoms with Crippen molar-refractivity contribution in [1.29, 1.82) is 0 Å². The van der Waals surface area contributed by atoms with E-state index in [0.29, 0.717) is 6.54 Å². The summed E-state index contributed by atoms with van der Waals surface area (Å²) in [5.41, 5.74) is 3.59. The fourth-order valence-electron chi connectivity index (χ4n) is 2.67. The lowest BCUT2D eigenvalue weighted by Gasteiger charge is -2.27. The first kappa shape index (κ1) is 14.4. The van der Waals surface area contributed by atoms with Crippen LogP contribution in [0.15, 0.2) is 54.6 Å². The lowest BCUT2D eigenvalue weighted by atomic mass is 10.00. The number of methoxy groups -OCH3 is 1. The number of rotatable bonds is 3. The molecule has 2 aromatic carbocycles. The third-order valence-corrected chi connectivity index (χ3v) is 3.98. The molecule has 22 heavy (non-hydrogen) atoms. The van der Waals surface area contributed by atoms with Gasteiger partial charge in [-0.15, -0.1) is 0 Å². The van der Waals surface area contributed by atoms with Crippen LogP contribution in [-0.2, 0) is 17.8 Å². The molecule has 0 saturated heterocycles. The lowest BCUT2D eigenvalue weighted by Crippen LogP contribution is -2.34. The fraction of sp³-hybridized carbons (Fsp3) is 0.211. The summed E-state index contributed by atoms with van der Waals surface area (Å²) in [7, 11) is 1.64. The zero-order chi connectivity index (χ0) is 15.4. The van der Waals surface area contributed by atoms with Gasteiger partial charge in [-0.2, -0.15) is 0 Å². The standard InChI is InChI=1S/C19H19NO2/c1-22-18-9-6-15(7-10-18)8-11-19(21)20-13-12-16-4-2-3-5-17(16)14-20/h2-11H,12-14H2,1H3. The molecule has 1 aliphatic rings. The minimum atomic E-state index is 0.0605. The molecule has 1 amide bonds. The lowest BCUT2D eigenvalue weighted by molar-refractivity contribution is -0.126. The van der Waals surface area contributed by atoms with E-state index in [0.717, 1.165) is 24.3 Å². The Morgan fingerprint density at radius 1 is 1.09 bits per heavy atom. The van der Waals surface area contributed by atoms with Gasteiger partial charge in [0.2, 0.25) is 5.91 Å². The van der Waals surface area contributed by atoms with Gasteiger partial charge in [-0.05, 0) is 41.3 Å². The quantitative estimate of drug-likeness (QED) is 0.813. The maximum absolute atomic E-state index is 12.3. The molecule has 0 aliphatic carbocycles. The molecule has 112 valence electrons. The third kappa shape index (κ3) is 3.19. The van der Waals surface area contributed by atoms with E-state index in [-0.39, 0.29) is 5.91 Å². The summed E-state index contributed by atoms with van der Waals surface area (Å²) in [6.07, 6.45) is 4.43. The van der Waals surface area contributed by atoms with Gasteiger partial charge in [0.1, 0.15) is 5.75 Å². The molecule has 0 unspecified atom stereocenters. The van der Waals surface area contributed by atoms with Gasteiger partial charge < -0.3 is 9.64 Å². The van der Waals surface area contributed by atoms with Crippen LogP contribution in [0.1, 0.15) is 16.7 Å². The molecule has 0 radical (unpaired) electrons. The molecule has 0 spiro atoms. The van der Waals surface area contributed by atoms with Gasteiger partial charge in [0, 0.05) is 19.2 Å². The van der Waals surface area contributed by atoms with Gasteiger partial charge >= 0.3 is 0 Å². The van der Waals surface area contributed by atoms with Crippen molar-refractivity contribution < 1.29 is 9.53 Å². The van der Waals surface area contributed by atoms with Gasteiger partial charge in [0.05, 0.1) is 7.11 Å². The Morgan fingerprint density at radius 3 is 2.55 bits per heavy atom. The Labute approximate surface area is 130 Å². The van der Waals surface area contributed by atoms with E-state index in [1.54, 1.807) is 13.2 Å². The normalized spacial score (nSPS) is 14.0. The van der Waals surface area contributed by atoms with E-state index in [1.807, 2.05) is 41.3 Å². The van der Waals surface area contributed by atoms with Gasteiger partial charge in [-0.25, -0.2) is 0 Å². The maximum Gasteiger partial charge on any atom is 0.246 e. The molecule has 3 heteroatoms. The number of fused-ring (bicyclic) bond motifs is 1. The van der Waals surface area contributed by atoms with Crippen molar-refractivity contribution in [2.75, 3.05) is 13.7 Å². The molecule has 1 aliphatic heterocycles. The zero-order valence-electron chi connectivity index (χ0n) is 12.7. The van der Waals surface area contributed by atoms with E-state index in [9.17, 15) is 4.79 Å². The molecular weight excluding hydrogens is 274 g/mol. The number of amides is 1. The Morgan fingerprint density at radius 2 is 1.82 bits per heavy atom. The highest BCUT2D eigenvalue weighted by molar-refractivity contribution is 5.91. The minimum absolute atomic E-state index is 0.0605. The first-order chi connectivity index (χ1) is 10.8. The van der Waals surface area contributed by atoms with Crippen molar-refractivity contribution in [3.05, 3.63) is 71.3 Å². The van der Waals surface area contributed by atoms with Crippen molar-refractivity contribution in [2.24, 2.45) is 0 Å². The summed E-state index contributed by atoms with van der Waals surface area (Å²) < 4.78 is 5.12. The Balaban J connectivity index is 1.66. The first-order valence-electron chi connectivity index (χ1n) is 7.44. The second-order valence-electron chi connectivity index (χ2n) is 5.38. The number of carbonyl (C=O) groups excluding carboxylic acids is 1. The fourth-order valence-corrected chi connectivity index (χ4v) is 2.67.